The summed E-state index contributed by atoms with van der Waals surface area (Å²) in [5.41, 5.74) is 1.02. The number of aryl methyl sites for hydroxylation is 1. The Bertz CT molecular complexity index is 536. The third-order valence-electron chi connectivity index (χ3n) is 2.81. The fourth-order valence-electron chi connectivity index (χ4n) is 1.81. The average molecular weight is 298 g/mol. The van der Waals surface area contributed by atoms with E-state index >= 15 is 0 Å². The van der Waals surface area contributed by atoms with Gasteiger partial charge in [-0.1, -0.05) is 26.0 Å². The molecule has 0 aliphatic heterocycles. The van der Waals surface area contributed by atoms with Crippen molar-refractivity contribution in [1.82, 2.24) is 5.32 Å². The highest BCUT2D eigenvalue weighted by molar-refractivity contribution is 7.89. The van der Waals surface area contributed by atoms with Crippen LogP contribution in [0.5, 0.6) is 0 Å². The molecule has 0 aliphatic rings. The van der Waals surface area contributed by atoms with Crippen LogP contribution in [-0.2, 0) is 21.2 Å². The summed E-state index contributed by atoms with van der Waals surface area (Å²) in [7, 11) is -3.62. The van der Waals surface area contributed by atoms with Gasteiger partial charge in [0.15, 0.2) is 0 Å². The summed E-state index contributed by atoms with van der Waals surface area (Å²) in [6.45, 7) is 4.64. The van der Waals surface area contributed by atoms with E-state index in [0.29, 0.717) is 18.9 Å². The van der Waals surface area contributed by atoms with E-state index in [4.69, 9.17) is 5.14 Å². The fraction of sp³-hybridized carbons (Fsp3) is 0.500. The first-order valence-electron chi connectivity index (χ1n) is 6.67. The standard InChI is InChI=1S/C14H22N2O3S/c1-11(2)10-14(17)16-9-3-4-12-5-7-13(8-6-12)20(15,18)19/h5-8,11H,3-4,9-10H2,1-2H3,(H,16,17)(H2,15,18,19). The summed E-state index contributed by atoms with van der Waals surface area (Å²) in [5.74, 6) is 0.435. The Labute approximate surface area is 120 Å². The van der Waals surface area contributed by atoms with Crippen LogP contribution in [0.25, 0.3) is 0 Å². The highest BCUT2D eigenvalue weighted by Crippen LogP contribution is 2.10. The zero-order valence-corrected chi connectivity index (χ0v) is 12.7. The highest BCUT2D eigenvalue weighted by atomic mass is 32.2. The van der Waals surface area contributed by atoms with Gasteiger partial charge in [-0.05, 0) is 36.5 Å². The van der Waals surface area contributed by atoms with Crippen molar-refractivity contribution in [3.8, 4) is 0 Å². The van der Waals surface area contributed by atoms with Crippen molar-refractivity contribution >= 4 is 15.9 Å². The summed E-state index contributed by atoms with van der Waals surface area (Å²) >= 11 is 0. The maximum Gasteiger partial charge on any atom is 0.238 e. The lowest BCUT2D eigenvalue weighted by atomic mass is 10.1. The fourth-order valence-corrected chi connectivity index (χ4v) is 2.32. The number of hydrogen-bond acceptors (Lipinski definition) is 3. The third kappa shape index (κ3) is 6.16. The van der Waals surface area contributed by atoms with E-state index in [1.807, 2.05) is 13.8 Å². The van der Waals surface area contributed by atoms with E-state index in [1.165, 1.54) is 12.1 Å². The Morgan fingerprint density at radius 1 is 1.25 bits per heavy atom. The average Bonchev–Trinajstić information content (AvgIpc) is 2.33. The predicted molar refractivity (Wildman–Crippen MR) is 78.6 cm³/mol. The second-order valence-corrected chi connectivity index (χ2v) is 6.80. The SMILES string of the molecule is CC(C)CC(=O)NCCCc1ccc(S(N)(=O)=O)cc1. The molecule has 0 heterocycles. The number of rotatable bonds is 7. The number of sulfonamides is 1. The molecule has 0 saturated heterocycles. The molecule has 0 fully saturated rings. The van der Waals surface area contributed by atoms with Gasteiger partial charge in [0.25, 0.3) is 0 Å². The first-order chi connectivity index (χ1) is 9.29. The molecular weight excluding hydrogens is 276 g/mol. The Hall–Kier alpha value is -1.40. The third-order valence-corrected chi connectivity index (χ3v) is 3.74. The molecule has 0 bridgehead atoms. The van der Waals surface area contributed by atoms with Crippen LogP contribution >= 0.6 is 0 Å². The van der Waals surface area contributed by atoms with Gasteiger partial charge >= 0.3 is 0 Å². The van der Waals surface area contributed by atoms with E-state index in [9.17, 15) is 13.2 Å². The van der Waals surface area contributed by atoms with Crippen LogP contribution in [0.4, 0.5) is 0 Å². The van der Waals surface area contributed by atoms with E-state index < -0.39 is 10.0 Å². The van der Waals surface area contributed by atoms with Gasteiger partial charge in [-0.15, -0.1) is 0 Å². The van der Waals surface area contributed by atoms with Gasteiger partial charge in [0, 0.05) is 13.0 Å². The predicted octanol–water partition coefficient (Wildman–Crippen LogP) is 1.43. The number of carbonyl (C=O) groups is 1. The van der Waals surface area contributed by atoms with Gasteiger partial charge in [0.05, 0.1) is 4.90 Å². The molecule has 1 amide bonds. The van der Waals surface area contributed by atoms with Crippen LogP contribution in [0.15, 0.2) is 29.2 Å². The van der Waals surface area contributed by atoms with Crippen molar-refractivity contribution in [2.75, 3.05) is 6.54 Å². The molecule has 0 saturated carbocycles. The van der Waals surface area contributed by atoms with Crippen molar-refractivity contribution in [1.29, 1.82) is 0 Å². The van der Waals surface area contributed by atoms with Gasteiger partial charge in [-0.25, -0.2) is 13.6 Å². The smallest absolute Gasteiger partial charge is 0.238 e. The van der Waals surface area contributed by atoms with Gasteiger partial charge in [0.1, 0.15) is 0 Å². The summed E-state index contributed by atoms with van der Waals surface area (Å²) < 4.78 is 22.2. The number of amides is 1. The summed E-state index contributed by atoms with van der Waals surface area (Å²) in [6, 6.07) is 6.50. The molecule has 3 N–H and O–H groups in total. The molecule has 0 atom stereocenters. The quantitative estimate of drug-likeness (QED) is 0.746. The minimum Gasteiger partial charge on any atom is -0.356 e. The molecule has 1 rings (SSSR count). The van der Waals surface area contributed by atoms with Crippen molar-refractivity contribution in [2.24, 2.45) is 11.1 Å². The van der Waals surface area contributed by atoms with Crippen molar-refractivity contribution in [2.45, 2.75) is 38.0 Å². The molecule has 20 heavy (non-hydrogen) atoms. The normalized spacial score (nSPS) is 11.6. The van der Waals surface area contributed by atoms with E-state index in [1.54, 1.807) is 12.1 Å². The van der Waals surface area contributed by atoms with Crippen molar-refractivity contribution in [3.05, 3.63) is 29.8 Å². The first-order valence-corrected chi connectivity index (χ1v) is 8.22. The van der Waals surface area contributed by atoms with Crippen LogP contribution < -0.4 is 10.5 Å². The lowest BCUT2D eigenvalue weighted by molar-refractivity contribution is -0.121. The molecule has 0 spiro atoms. The maximum atomic E-state index is 11.4. The Morgan fingerprint density at radius 3 is 2.35 bits per heavy atom. The Balaban J connectivity index is 2.34. The maximum absolute atomic E-state index is 11.4. The lowest BCUT2D eigenvalue weighted by Crippen LogP contribution is -2.25. The van der Waals surface area contributed by atoms with E-state index in [2.05, 4.69) is 5.32 Å². The van der Waals surface area contributed by atoms with Crippen LogP contribution in [0.2, 0.25) is 0 Å². The minimum absolute atomic E-state index is 0.0737. The Kier molecular flexibility index (Phi) is 6.16. The molecule has 1 aromatic carbocycles. The zero-order chi connectivity index (χ0) is 15.2. The second kappa shape index (κ2) is 7.40. The second-order valence-electron chi connectivity index (χ2n) is 5.24. The molecule has 5 nitrogen and oxygen atoms in total. The lowest BCUT2D eigenvalue weighted by Gasteiger charge is -2.07. The van der Waals surface area contributed by atoms with Crippen LogP contribution in [0, 0.1) is 5.92 Å². The molecule has 1 aromatic rings. The van der Waals surface area contributed by atoms with Crippen molar-refractivity contribution in [3.63, 3.8) is 0 Å². The largest absolute Gasteiger partial charge is 0.356 e. The zero-order valence-electron chi connectivity index (χ0n) is 11.9. The summed E-state index contributed by atoms with van der Waals surface area (Å²) in [6.07, 6.45) is 2.15. The van der Waals surface area contributed by atoms with E-state index in [-0.39, 0.29) is 10.8 Å². The topological polar surface area (TPSA) is 89.3 Å². The van der Waals surface area contributed by atoms with Crippen LogP contribution in [0.1, 0.15) is 32.3 Å². The number of primary sulfonamides is 1. The first kappa shape index (κ1) is 16.7. The number of nitrogens with one attached hydrogen (secondary N) is 1. The molecule has 6 heteroatoms. The molecule has 0 aromatic heterocycles. The molecule has 0 aliphatic carbocycles. The summed E-state index contributed by atoms with van der Waals surface area (Å²) in [5, 5.41) is 7.89. The number of benzene rings is 1. The number of hydrogen-bond donors (Lipinski definition) is 2. The van der Waals surface area contributed by atoms with Gasteiger partial charge in [0.2, 0.25) is 15.9 Å². The number of carbonyl (C=O) groups excluding carboxylic acids is 1. The van der Waals surface area contributed by atoms with Crippen molar-refractivity contribution < 1.29 is 13.2 Å². The Morgan fingerprint density at radius 2 is 1.85 bits per heavy atom. The van der Waals surface area contributed by atoms with Gasteiger partial charge in [-0.3, -0.25) is 4.79 Å². The molecule has 112 valence electrons. The molecular formula is C14H22N2O3S. The van der Waals surface area contributed by atoms with Crippen LogP contribution in [-0.4, -0.2) is 20.9 Å². The number of nitrogens with two attached hydrogens (primary N) is 1. The highest BCUT2D eigenvalue weighted by Gasteiger charge is 2.07. The molecule has 0 unspecified atom stereocenters. The van der Waals surface area contributed by atoms with Crippen LogP contribution in [0.3, 0.4) is 0 Å². The minimum atomic E-state index is -3.62. The molecule has 0 radical (unpaired) electrons. The van der Waals surface area contributed by atoms with Gasteiger partial charge in [-0.2, -0.15) is 0 Å². The summed E-state index contributed by atoms with van der Waals surface area (Å²) in [4.78, 5) is 11.5. The van der Waals surface area contributed by atoms with E-state index in [0.717, 1.165) is 18.4 Å². The monoisotopic (exact) mass is 298 g/mol. The van der Waals surface area contributed by atoms with Gasteiger partial charge < -0.3 is 5.32 Å².